The lowest BCUT2D eigenvalue weighted by atomic mass is 10.4. The number of thiophene rings is 1. The normalized spacial score (nSPS) is 18.5. The van der Waals surface area contributed by atoms with Crippen LogP contribution in [0.2, 0.25) is 0 Å². The first-order chi connectivity index (χ1) is 9.55. The van der Waals surface area contributed by atoms with Crippen molar-refractivity contribution in [3.63, 3.8) is 0 Å². The van der Waals surface area contributed by atoms with Crippen LogP contribution in [-0.2, 0) is 16.6 Å². The quantitative estimate of drug-likeness (QED) is 0.801. The lowest BCUT2D eigenvalue weighted by Gasteiger charge is -2.31. The molecule has 0 saturated carbocycles. The summed E-state index contributed by atoms with van der Waals surface area (Å²) < 4.78 is 27.0. The van der Waals surface area contributed by atoms with Crippen molar-refractivity contribution in [2.24, 2.45) is 0 Å². The van der Waals surface area contributed by atoms with E-state index in [1.165, 1.54) is 11.3 Å². The third-order valence-corrected chi connectivity index (χ3v) is 6.53. The average Bonchev–Trinajstić information content (AvgIpc) is 2.89. The highest BCUT2D eigenvalue weighted by molar-refractivity contribution is 7.89. The van der Waals surface area contributed by atoms with Crippen LogP contribution >= 0.6 is 11.3 Å². The van der Waals surface area contributed by atoms with Crippen LogP contribution in [0.25, 0.3) is 0 Å². The standard InChI is InChI=1S/C13H23N3O2S2/c1-3-5-14-11-12-13(4-10-19-12)20(17,18)16-8-6-15(2)7-9-16/h4,10,14H,3,5-9,11H2,1-2H3. The summed E-state index contributed by atoms with van der Waals surface area (Å²) in [7, 11) is -1.31. The summed E-state index contributed by atoms with van der Waals surface area (Å²) in [5.41, 5.74) is 0. The van der Waals surface area contributed by atoms with Crippen LogP contribution in [0, 0.1) is 0 Å². The zero-order valence-corrected chi connectivity index (χ0v) is 13.8. The Labute approximate surface area is 125 Å². The molecule has 7 heteroatoms. The van der Waals surface area contributed by atoms with Crippen LogP contribution in [0.15, 0.2) is 16.3 Å². The molecule has 1 aromatic heterocycles. The van der Waals surface area contributed by atoms with E-state index in [1.54, 1.807) is 10.4 Å². The number of likely N-dealkylation sites (N-methyl/N-ethyl adjacent to an activating group) is 1. The molecule has 1 aliphatic rings. The molecule has 0 bridgehead atoms. The Morgan fingerprint density at radius 2 is 2.00 bits per heavy atom. The van der Waals surface area contributed by atoms with Gasteiger partial charge < -0.3 is 10.2 Å². The summed E-state index contributed by atoms with van der Waals surface area (Å²) in [5.74, 6) is 0. The van der Waals surface area contributed by atoms with Crippen molar-refractivity contribution < 1.29 is 8.42 Å². The Morgan fingerprint density at radius 3 is 2.65 bits per heavy atom. The molecule has 114 valence electrons. The van der Waals surface area contributed by atoms with E-state index in [1.807, 2.05) is 12.4 Å². The fraction of sp³-hybridized carbons (Fsp3) is 0.692. The zero-order valence-electron chi connectivity index (χ0n) is 12.1. The minimum Gasteiger partial charge on any atom is -0.312 e. The summed E-state index contributed by atoms with van der Waals surface area (Å²) in [6, 6.07) is 1.74. The van der Waals surface area contributed by atoms with Crippen molar-refractivity contribution >= 4 is 21.4 Å². The van der Waals surface area contributed by atoms with Crippen molar-refractivity contribution in [1.29, 1.82) is 0 Å². The van der Waals surface area contributed by atoms with Gasteiger partial charge in [-0.25, -0.2) is 8.42 Å². The number of sulfonamides is 1. The van der Waals surface area contributed by atoms with Gasteiger partial charge in [0.05, 0.1) is 4.90 Å². The third-order valence-electron chi connectivity index (χ3n) is 3.50. The van der Waals surface area contributed by atoms with Crippen molar-refractivity contribution in [3.8, 4) is 0 Å². The van der Waals surface area contributed by atoms with E-state index in [9.17, 15) is 8.42 Å². The second-order valence-corrected chi connectivity index (χ2v) is 8.00. The minimum atomic E-state index is -3.33. The molecule has 20 heavy (non-hydrogen) atoms. The maximum absolute atomic E-state index is 12.7. The molecule has 5 nitrogen and oxygen atoms in total. The Kier molecular flexibility index (Phi) is 5.57. The highest BCUT2D eigenvalue weighted by Crippen LogP contribution is 2.25. The topological polar surface area (TPSA) is 52.7 Å². The number of rotatable bonds is 6. The molecular weight excluding hydrogens is 294 g/mol. The van der Waals surface area contributed by atoms with Gasteiger partial charge in [0.2, 0.25) is 10.0 Å². The highest BCUT2D eigenvalue weighted by atomic mass is 32.2. The van der Waals surface area contributed by atoms with Crippen LogP contribution in [0.1, 0.15) is 18.2 Å². The first-order valence-corrected chi connectivity index (χ1v) is 9.33. The molecule has 0 amide bonds. The van der Waals surface area contributed by atoms with Crippen LogP contribution < -0.4 is 5.32 Å². The van der Waals surface area contributed by atoms with Gasteiger partial charge in [-0.2, -0.15) is 4.31 Å². The summed E-state index contributed by atoms with van der Waals surface area (Å²) in [6.07, 6.45) is 1.05. The van der Waals surface area contributed by atoms with E-state index in [0.29, 0.717) is 24.5 Å². The van der Waals surface area contributed by atoms with E-state index in [0.717, 1.165) is 30.9 Å². The van der Waals surface area contributed by atoms with Gasteiger partial charge in [-0.05, 0) is 31.5 Å². The molecule has 1 aromatic rings. The largest absolute Gasteiger partial charge is 0.312 e. The number of hydrogen-bond acceptors (Lipinski definition) is 5. The van der Waals surface area contributed by atoms with Crippen LogP contribution in [-0.4, -0.2) is 57.4 Å². The van der Waals surface area contributed by atoms with E-state index < -0.39 is 10.0 Å². The van der Waals surface area contributed by atoms with Gasteiger partial charge in [0.25, 0.3) is 0 Å². The van der Waals surface area contributed by atoms with Crippen molar-refractivity contribution in [2.45, 2.75) is 24.8 Å². The predicted molar refractivity (Wildman–Crippen MR) is 82.6 cm³/mol. The molecule has 1 aliphatic heterocycles. The number of nitrogens with zero attached hydrogens (tertiary/aromatic N) is 2. The zero-order chi connectivity index (χ0) is 14.6. The first kappa shape index (κ1) is 15.9. The maximum atomic E-state index is 12.7. The van der Waals surface area contributed by atoms with Gasteiger partial charge in [-0.1, -0.05) is 6.92 Å². The third kappa shape index (κ3) is 3.59. The molecule has 1 fully saturated rings. The van der Waals surface area contributed by atoms with E-state index in [-0.39, 0.29) is 0 Å². The number of nitrogens with one attached hydrogen (secondary N) is 1. The van der Waals surface area contributed by atoms with Crippen molar-refractivity contribution in [1.82, 2.24) is 14.5 Å². The van der Waals surface area contributed by atoms with Crippen molar-refractivity contribution in [2.75, 3.05) is 39.8 Å². The van der Waals surface area contributed by atoms with Crippen LogP contribution in [0.5, 0.6) is 0 Å². The predicted octanol–water partition coefficient (Wildman–Crippen LogP) is 1.18. The van der Waals surface area contributed by atoms with Crippen LogP contribution in [0.4, 0.5) is 0 Å². The molecule has 0 aliphatic carbocycles. The number of hydrogen-bond donors (Lipinski definition) is 1. The monoisotopic (exact) mass is 317 g/mol. The van der Waals surface area contributed by atoms with Gasteiger partial charge in [-0.3, -0.25) is 0 Å². The van der Waals surface area contributed by atoms with Gasteiger partial charge in [0.1, 0.15) is 0 Å². The molecule has 1 N–H and O–H groups in total. The van der Waals surface area contributed by atoms with E-state index >= 15 is 0 Å². The molecule has 2 rings (SSSR count). The molecule has 0 spiro atoms. The molecule has 1 saturated heterocycles. The molecule has 2 heterocycles. The average molecular weight is 317 g/mol. The Bertz CT molecular complexity index is 519. The van der Waals surface area contributed by atoms with Crippen molar-refractivity contribution in [3.05, 3.63) is 16.3 Å². The fourth-order valence-corrected chi connectivity index (χ4v) is 5.04. The second kappa shape index (κ2) is 7.00. The summed E-state index contributed by atoms with van der Waals surface area (Å²) in [4.78, 5) is 3.55. The summed E-state index contributed by atoms with van der Waals surface area (Å²) in [5, 5.41) is 5.15. The lowest BCUT2D eigenvalue weighted by molar-refractivity contribution is 0.222. The Morgan fingerprint density at radius 1 is 1.30 bits per heavy atom. The molecule has 0 unspecified atom stereocenters. The lowest BCUT2D eigenvalue weighted by Crippen LogP contribution is -2.47. The van der Waals surface area contributed by atoms with Gasteiger partial charge in [-0.15, -0.1) is 11.3 Å². The first-order valence-electron chi connectivity index (χ1n) is 7.01. The van der Waals surface area contributed by atoms with E-state index in [4.69, 9.17) is 0 Å². The fourth-order valence-electron chi connectivity index (χ4n) is 2.23. The smallest absolute Gasteiger partial charge is 0.244 e. The maximum Gasteiger partial charge on any atom is 0.244 e. The van der Waals surface area contributed by atoms with Gasteiger partial charge >= 0.3 is 0 Å². The molecular formula is C13H23N3O2S2. The Hall–Kier alpha value is -0.470. The summed E-state index contributed by atoms with van der Waals surface area (Å²) >= 11 is 1.51. The summed E-state index contributed by atoms with van der Waals surface area (Å²) in [6.45, 7) is 6.40. The number of piperazine rings is 1. The Balaban J connectivity index is 2.11. The highest BCUT2D eigenvalue weighted by Gasteiger charge is 2.29. The minimum absolute atomic E-state index is 0.482. The second-order valence-electron chi connectivity index (χ2n) is 5.09. The van der Waals surface area contributed by atoms with Crippen LogP contribution in [0.3, 0.4) is 0 Å². The molecule has 0 aromatic carbocycles. The van der Waals surface area contributed by atoms with Gasteiger partial charge in [0.15, 0.2) is 0 Å². The van der Waals surface area contributed by atoms with Gasteiger partial charge in [0, 0.05) is 37.6 Å². The molecule has 0 radical (unpaired) electrons. The van der Waals surface area contributed by atoms with E-state index in [2.05, 4.69) is 17.1 Å². The molecule has 0 atom stereocenters. The SMILES string of the molecule is CCCNCc1sccc1S(=O)(=O)N1CCN(C)CC1.